The van der Waals surface area contributed by atoms with Crippen LogP contribution in [0.1, 0.15) is 62.8 Å². The molecule has 3 aromatic rings. The first kappa shape index (κ1) is 38.4. The van der Waals surface area contributed by atoms with Crippen molar-refractivity contribution in [1.82, 2.24) is 4.90 Å². The molecule has 0 saturated heterocycles. The van der Waals surface area contributed by atoms with Crippen molar-refractivity contribution in [1.29, 1.82) is 0 Å². The van der Waals surface area contributed by atoms with Crippen molar-refractivity contribution in [3.63, 3.8) is 0 Å². The van der Waals surface area contributed by atoms with Crippen LogP contribution in [-0.2, 0) is 20.7 Å². The summed E-state index contributed by atoms with van der Waals surface area (Å²) in [4.78, 5) is 29.6. The third kappa shape index (κ3) is 10.5. The summed E-state index contributed by atoms with van der Waals surface area (Å²) in [5.41, 5.74) is 2.77. The van der Waals surface area contributed by atoms with Gasteiger partial charge in [-0.05, 0) is 74.2 Å². The number of aliphatic carboxylic acids is 1. The Balaban J connectivity index is 0.00000600. The van der Waals surface area contributed by atoms with E-state index in [1.54, 1.807) is 30.2 Å². The van der Waals surface area contributed by atoms with Crippen molar-refractivity contribution in [2.24, 2.45) is 5.41 Å². The van der Waals surface area contributed by atoms with Gasteiger partial charge < -0.3 is 29.1 Å². The minimum atomic E-state index is -1.22. The number of halogens is 3. The molecule has 0 aromatic heterocycles. The Morgan fingerprint density at radius 1 is 1.02 bits per heavy atom. The summed E-state index contributed by atoms with van der Waals surface area (Å²) in [7, 11) is 3.65. The van der Waals surface area contributed by atoms with Gasteiger partial charge in [-0.15, -0.1) is 12.4 Å². The number of carbonyl (C=O) groups excluding carboxylic acids is 1. The second kappa shape index (κ2) is 17.4. The number of hydrogen-bond acceptors (Lipinski definition) is 6. The first-order chi connectivity index (χ1) is 21.9. The number of fused-ring (bicyclic) bond motifs is 1. The summed E-state index contributed by atoms with van der Waals surface area (Å²) < 4.78 is 18.5. The Morgan fingerprint density at radius 2 is 1.74 bits per heavy atom. The summed E-state index contributed by atoms with van der Waals surface area (Å²) in [5.74, 6) is -0.553. The number of aryl methyl sites for hydroxylation is 1. The molecule has 0 aliphatic carbocycles. The number of para-hydroxylation sites is 1. The van der Waals surface area contributed by atoms with Crippen LogP contribution >= 0.6 is 35.6 Å². The molecule has 3 aromatic carbocycles. The molecule has 256 valence electrons. The number of amides is 1. The Bertz CT molecular complexity index is 1510. The van der Waals surface area contributed by atoms with Gasteiger partial charge in [0.15, 0.2) is 11.5 Å². The fourth-order valence-electron chi connectivity index (χ4n) is 5.68. The van der Waals surface area contributed by atoms with E-state index in [0.717, 1.165) is 42.9 Å². The average Bonchev–Trinajstić information content (AvgIpc) is 3.09. The number of carboxylic acids is 1. The van der Waals surface area contributed by atoms with Gasteiger partial charge in [0.2, 0.25) is 0 Å². The molecule has 1 N–H and O–H groups in total. The Kier molecular flexibility index (Phi) is 14.2. The second-order valence-electron chi connectivity index (χ2n) is 12.9. The van der Waals surface area contributed by atoms with Gasteiger partial charge in [-0.2, -0.15) is 0 Å². The van der Waals surface area contributed by atoms with Crippen LogP contribution in [0.25, 0.3) is 0 Å². The number of rotatable bonds is 14. The van der Waals surface area contributed by atoms with Crippen molar-refractivity contribution >= 4 is 53.2 Å². The van der Waals surface area contributed by atoms with Crippen LogP contribution in [0.4, 0.5) is 5.69 Å². The van der Waals surface area contributed by atoms with E-state index in [2.05, 4.69) is 18.0 Å². The number of carboxylic acid groups (broad SMARTS) is 1. The van der Waals surface area contributed by atoms with Crippen molar-refractivity contribution in [2.45, 2.75) is 58.7 Å². The van der Waals surface area contributed by atoms with Crippen LogP contribution in [0, 0.1) is 5.41 Å². The van der Waals surface area contributed by atoms with Crippen molar-refractivity contribution in [3.8, 4) is 11.5 Å². The van der Waals surface area contributed by atoms with E-state index in [4.69, 9.17) is 37.4 Å². The summed E-state index contributed by atoms with van der Waals surface area (Å²) in [6.45, 7) is 8.68. The number of benzene rings is 3. The highest BCUT2D eigenvalue weighted by molar-refractivity contribution is 6.31. The molecule has 0 unspecified atom stereocenters. The number of carbonyl (C=O) groups is 2. The molecule has 0 fully saturated rings. The fraction of sp³-hybridized carbons (Fsp3) is 0.444. The number of anilines is 1. The van der Waals surface area contributed by atoms with Crippen LogP contribution in [0.5, 0.6) is 11.5 Å². The van der Waals surface area contributed by atoms with Crippen LogP contribution in [0.15, 0.2) is 60.7 Å². The third-order valence-electron chi connectivity index (χ3n) is 7.78. The highest BCUT2D eigenvalue weighted by atomic mass is 35.5. The SMILES string of the molecule is COc1c(OCCCN(C)CCCc2ccccc2Cl)cccc1[C@H]1O[C@H](CC(=O)O)C(=O)N(CC(C)(C)C)c2ccc(Cl)cc21.Cl. The predicted octanol–water partition coefficient (Wildman–Crippen LogP) is 8.10. The highest BCUT2D eigenvalue weighted by Gasteiger charge is 2.40. The molecule has 8 nitrogen and oxygen atoms in total. The van der Waals surface area contributed by atoms with Crippen molar-refractivity contribution < 1.29 is 28.9 Å². The molecule has 11 heteroatoms. The van der Waals surface area contributed by atoms with E-state index >= 15 is 0 Å². The Hall–Kier alpha value is -3.01. The Labute approximate surface area is 294 Å². The second-order valence-corrected chi connectivity index (χ2v) is 13.7. The van der Waals surface area contributed by atoms with Gasteiger partial charge in [0, 0.05) is 39.9 Å². The molecule has 0 saturated carbocycles. The minimum Gasteiger partial charge on any atom is -0.492 e. The van der Waals surface area contributed by atoms with Crippen molar-refractivity contribution in [2.75, 3.05) is 45.3 Å². The zero-order chi connectivity index (χ0) is 33.4. The molecular formula is C36H45Cl3N2O6. The van der Waals surface area contributed by atoms with Crippen molar-refractivity contribution in [3.05, 3.63) is 87.4 Å². The van der Waals surface area contributed by atoms with E-state index in [0.29, 0.717) is 46.5 Å². The molecule has 1 amide bonds. The van der Waals surface area contributed by atoms with E-state index in [1.165, 1.54) is 0 Å². The first-order valence-corrected chi connectivity index (χ1v) is 16.3. The third-order valence-corrected chi connectivity index (χ3v) is 8.38. The van der Waals surface area contributed by atoms with Gasteiger partial charge in [0.05, 0.1) is 20.1 Å². The van der Waals surface area contributed by atoms with Crippen LogP contribution in [-0.4, -0.2) is 68.4 Å². The summed E-state index contributed by atoms with van der Waals surface area (Å²) in [5, 5.41) is 11.0. The topological polar surface area (TPSA) is 88.5 Å². The van der Waals surface area contributed by atoms with Gasteiger partial charge in [-0.1, -0.05) is 74.3 Å². The first-order valence-electron chi connectivity index (χ1n) is 15.6. The van der Waals surface area contributed by atoms with Gasteiger partial charge in [-0.25, -0.2) is 0 Å². The maximum Gasteiger partial charge on any atom is 0.306 e. The number of hydrogen-bond donors (Lipinski definition) is 1. The maximum atomic E-state index is 13.8. The molecule has 0 spiro atoms. The van der Waals surface area contributed by atoms with Crippen LogP contribution < -0.4 is 14.4 Å². The monoisotopic (exact) mass is 706 g/mol. The standard InChI is InChI=1S/C36H44Cl2N2O6.ClH/c1-36(2,3)23-40-29-17-16-25(37)21-27(29)33(46-31(35(40)43)22-32(41)42)26-13-8-15-30(34(26)44-5)45-20-10-19-39(4)18-9-12-24-11-6-7-14-28(24)38;/h6-8,11,13-17,21,31,33H,9-10,12,18-20,22-23H2,1-5H3,(H,41,42);1H/t31-,33-;/m1./s1. The van der Waals surface area contributed by atoms with E-state index in [9.17, 15) is 14.7 Å². The molecule has 1 heterocycles. The number of ether oxygens (including phenoxy) is 3. The highest BCUT2D eigenvalue weighted by Crippen LogP contribution is 2.45. The molecule has 0 bridgehead atoms. The van der Waals surface area contributed by atoms with E-state index < -0.39 is 30.5 Å². The van der Waals surface area contributed by atoms with Gasteiger partial charge in [0.1, 0.15) is 12.2 Å². The van der Waals surface area contributed by atoms with Crippen LogP contribution in [0.3, 0.4) is 0 Å². The molecule has 1 aliphatic rings. The lowest BCUT2D eigenvalue weighted by Gasteiger charge is -2.31. The molecule has 4 rings (SSSR count). The lowest BCUT2D eigenvalue weighted by Crippen LogP contribution is -2.44. The Morgan fingerprint density at radius 3 is 2.43 bits per heavy atom. The molecule has 2 atom stereocenters. The number of methoxy groups -OCH3 is 1. The quantitative estimate of drug-likeness (QED) is 0.170. The average molecular weight is 708 g/mol. The summed E-state index contributed by atoms with van der Waals surface area (Å²) >= 11 is 12.8. The molecular weight excluding hydrogens is 663 g/mol. The molecule has 0 radical (unpaired) electrons. The normalized spacial score (nSPS) is 16.3. The van der Waals surface area contributed by atoms with Gasteiger partial charge >= 0.3 is 5.97 Å². The minimum absolute atomic E-state index is 0. The zero-order valence-corrected chi connectivity index (χ0v) is 30.0. The lowest BCUT2D eigenvalue weighted by molar-refractivity contribution is -0.147. The largest absolute Gasteiger partial charge is 0.492 e. The maximum absolute atomic E-state index is 13.8. The van der Waals surface area contributed by atoms with E-state index in [-0.39, 0.29) is 17.8 Å². The smallest absolute Gasteiger partial charge is 0.306 e. The summed E-state index contributed by atoms with van der Waals surface area (Å²) in [6, 6.07) is 18.7. The van der Waals surface area contributed by atoms with Gasteiger partial charge in [0.25, 0.3) is 5.91 Å². The number of nitrogens with zero attached hydrogens (tertiary/aromatic N) is 2. The van der Waals surface area contributed by atoms with Crippen LogP contribution in [0.2, 0.25) is 10.0 Å². The molecule has 47 heavy (non-hydrogen) atoms. The van der Waals surface area contributed by atoms with E-state index in [1.807, 2.05) is 57.2 Å². The molecule has 1 aliphatic heterocycles. The predicted molar refractivity (Wildman–Crippen MR) is 190 cm³/mol. The fourth-order valence-corrected chi connectivity index (χ4v) is 6.09. The van der Waals surface area contributed by atoms with Gasteiger partial charge in [-0.3, -0.25) is 9.59 Å². The lowest BCUT2D eigenvalue weighted by atomic mass is 9.94. The zero-order valence-electron chi connectivity index (χ0n) is 27.6. The summed E-state index contributed by atoms with van der Waals surface area (Å²) in [6.07, 6.45) is 0.179.